The van der Waals surface area contributed by atoms with Crippen LogP contribution in [-0.4, -0.2) is 30.5 Å². The zero-order chi connectivity index (χ0) is 19.9. The topological polar surface area (TPSA) is 29.5 Å². The maximum Gasteiger partial charge on any atom is 0.248 e. The fraction of sp³-hybridized carbons (Fsp3) is 0.269. The van der Waals surface area contributed by atoms with Crippen molar-refractivity contribution in [2.45, 2.75) is 24.9 Å². The van der Waals surface area contributed by atoms with Crippen LogP contribution in [0.5, 0.6) is 0 Å². The Bertz CT molecular complexity index is 856. The normalized spacial score (nSPS) is 16.7. The van der Waals surface area contributed by atoms with Gasteiger partial charge in [0.05, 0.1) is 0 Å². The summed E-state index contributed by atoms with van der Waals surface area (Å²) in [5, 5.41) is 0. The van der Waals surface area contributed by atoms with Gasteiger partial charge in [-0.1, -0.05) is 91.0 Å². The lowest BCUT2D eigenvalue weighted by atomic mass is 9.91. The molecule has 29 heavy (non-hydrogen) atoms. The smallest absolute Gasteiger partial charge is 0.248 e. The highest BCUT2D eigenvalue weighted by Crippen LogP contribution is 2.28. The summed E-state index contributed by atoms with van der Waals surface area (Å²) < 4.78 is 6.18. The lowest BCUT2D eigenvalue weighted by molar-refractivity contribution is -0.138. The molecule has 3 aromatic rings. The molecule has 1 aliphatic heterocycles. The molecule has 4 rings (SSSR count). The monoisotopic (exact) mass is 385 g/mol. The van der Waals surface area contributed by atoms with Gasteiger partial charge in [0, 0.05) is 19.0 Å². The van der Waals surface area contributed by atoms with E-state index in [1.54, 1.807) is 0 Å². The van der Waals surface area contributed by atoms with Gasteiger partial charge in [-0.2, -0.15) is 0 Å². The van der Waals surface area contributed by atoms with Crippen LogP contribution >= 0.6 is 0 Å². The van der Waals surface area contributed by atoms with E-state index in [-0.39, 0.29) is 18.6 Å². The van der Waals surface area contributed by atoms with Crippen molar-refractivity contribution in [1.82, 2.24) is 4.90 Å². The van der Waals surface area contributed by atoms with Gasteiger partial charge in [0.2, 0.25) is 5.91 Å². The van der Waals surface area contributed by atoms with Crippen LogP contribution in [0.4, 0.5) is 0 Å². The van der Waals surface area contributed by atoms with Gasteiger partial charge in [0.25, 0.3) is 0 Å². The molecule has 1 unspecified atom stereocenters. The predicted molar refractivity (Wildman–Crippen MR) is 116 cm³/mol. The molecule has 3 nitrogen and oxygen atoms in total. The fourth-order valence-electron chi connectivity index (χ4n) is 4.09. The fourth-order valence-corrected chi connectivity index (χ4v) is 4.09. The highest BCUT2D eigenvalue weighted by atomic mass is 16.5. The molecule has 148 valence electrons. The Morgan fingerprint density at radius 3 is 2.00 bits per heavy atom. The molecule has 3 heteroatoms. The molecule has 1 atom stereocenters. The summed E-state index contributed by atoms with van der Waals surface area (Å²) in [5.41, 5.74) is 3.44. The minimum absolute atomic E-state index is 0.0718. The molecule has 0 spiro atoms. The number of likely N-dealkylation sites (tertiary alicyclic amines) is 1. The Kier molecular flexibility index (Phi) is 6.38. The first-order chi connectivity index (χ1) is 14.3. The van der Waals surface area contributed by atoms with Gasteiger partial charge in [-0.05, 0) is 29.5 Å². The molecule has 1 aliphatic rings. The van der Waals surface area contributed by atoms with Gasteiger partial charge in [0.15, 0.2) is 0 Å². The molecule has 1 saturated heterocycles. The molecule has 0 aromatic heterocycles. The summed E-state index contributed by atoms with van der Waals surface area (Å²) in [6.07, 6.45) is 1.92. The van der Waals surface area contributed by atoms with Crippen molar-refractivity contribution in [3.63, 3.8) is 0 Å². The number of carbonyl (C=O) groups excluding carboxylic acids is 1. The molecule has 3 aromatic carbocycles. The Balaban J connectivity index is 1.43. The van der Waals surface area contributed by atoms with Crippen molar-refractivity contribution in [2.75, 3.05) is 19.7 Å². The van der Waals surface area contributed by atoms with Crippen molar-refractivity contribution in [2.24, 2.45) is 0 Å². The van der Waals surface area contributed by atoms with Crippen LogP contribution in [0.1, 0.15) is 41.6 Å². The van der Waals surface area contributed by atoms with Crippen LogP contribution in [0.15, 0.2) is 91.0 Å². The van der Waals surface area contributed by atoms with Crippen LogP contribution < -0.4 is 0 Å². The third-order valence-corrected chi connectivity index (χ3v) is 5.62. The molecule has 0 aliphatic carbocycles. The molecule has 1 fully saturated rings. The van der Waals surface area contributed by atoms with Gasteiger partial charge in [-0.15, -0.1) is 0 Å². The number of rotatable bonds is 6. The molecule has 0 N–H and O–H groups in total. The SMILES string of the molecule is O=C(COC(c1ccccc1)c1ccccc1)N1CCCC(c2ccccc2)C1. The van der Waals surface area contributed by atoms with E-state index >= 15 is 0 Å². The minimum atomic E-state index is -0.240. The number of amides is 1. The summed E-state index contributed by atoms with van der Waals surface area (Å²) >= 11 is 0. The first-order valence-corrected chi connectivity index (χ1v) is 10.4. The second-order valence-corrected chi connectivity index (χ2v) is 7.60. The quantitative estimate of drug-likeness (QED) is 0.584. The Labute approximate surface area is 172 Å². The largest absolute Gasteiger partial charge is 0.359 e. The third kappa shape index (κ3) is 4.93. The maximum absolute atomic E-state index is 12.9. The van der Waals surface area contributed by atoms with Crippen LogP contribution in [0.25, 0.3) is 0 Å². The summed E-state index contributed by atoms with van der Waals surface area (Å²) in [4.78, 5) is 14.9. The van der Waals surface area contributed by atoms with E-state index in [4.69, 9.17) is 4.74 Å². The first kappa shape index (κ1) is 19.4. The van der Waals surface area contributed by atoms with E-state index in [0.29, 0.717) is 5.92 Å². The summed E-state index contributed by atoms with van der Waals surface area (Å²) in [5.74, 6) is 0.482. The highest BCUT2D eigenvalue weighted by Gasteiger charge is 2.25. The minimum Gasteiger partial charge on any atom is -0.359 e. The number of carbonyl (C=O) groups is 1. The van der Waals surface area contributed by atoms with E-state index in [2.05, 4.69) is 48.5 Å². The van der Waals surface area contributed by atoms with Crippen LogP contribution in [0, 0.1) is 0 Å². The van der Waals surface area contributed by atoms with Gasteiger partial charge in [-0.25, -0.2) is 0 Å². The molecular formula is C26H27NO2. The summed E-state index contributed by atoms with van der Waals surface area (Å²) in [6, 6.07) is 30.7. The zero-order valence-electron chi connectivity index (χ0n) is 16.6. The Morgan fingerprint density at radius 2 is 1.41 bits per heavy atom. The van der Waals surface area contributed by atoms with E-state index < -0.39 is 0 Å². The molecule has 1 amide bonds. The van der Waals surface area contributed by atoms with E-state index in [1.165, 1.54) is 5.56 Å². The average molecular weight is 386 g/mol. The van der Waals surface area contributed by atoms with Crippen molar-refractivity contribution in [1.29, 1.82) is 0 Å². The van der Waals surface area contributed by atoms with Crippen molar-refractivity contribution < 1.29 is 9.53 Å². The van der Waals surface area contributed by atoms with E-state index in [0.717, 1.165) is 37.1 Å². The van der Waals surface area contributed by atoms with Gasteiger partial charge < -0.3 is 9.64 Å². The van der Waals surface area contributed by atoms with Crippen LogP contribution in [0.2, 0.25) is 0 Å². The van der Waals surface area contributed by atoms with Crippen molar-refractivity contribution in [3.05, 3.63) is 108 Å². The summed E-state index contributed by atoms with van der Waals surface area (Å²) in [7, 11) is 0. The number of nitrogens with zero attached hydrogens (tertiary/aromatic N) is 1. The Morgan fingerprint density at radius 1 is 0.862 bits per heavy atom. The maximum atomic E-state index is 12.9. The number of ether oxygens (including phenoxy) is 1. The van der Waals surface area contributed by atoms with Crippen molar-refractivity contribution in [3.8, 4) is 0 Å². The molecular weight excluding hydrogens is 358 g/mol. The second-order valence-electron chi connectivity index (χ2n) is 7.60. The van der Waals surface area contributed by atoms with Crippen molar-refractivity contribution >= 4 is 5.91 Å². The molecule has 0 saturated carbocycles. The predicted octanol–water partition coefficient (Wildman–Crippen LogP) is 5.20. The Hall–Kier alpha value is -2.91. The third-order valence-electron chi connectivity index (χ3n) is 5.62. The average Bonchev–Trinajstić information content (AvgIpc) is 2.81. The highest BCUT2D eigenvalue weighted by molar-refractivity contribution is 5.77. The second kappa shape index (κ2) is 9.53. The number of hydrogen-bond acceptors (Lipinski definition) is 2. The van der Waals surface area contributed by atoms with Gasteiger partial charge >= 0.3 is 0 Å². The molecule has 0 bridgehead atoms. The van der Waals surface area contributed by atoms with Gasteiger partial charge in [0.1, 0.15) is 12.7 Å². The van der Waals surface area contributed by atoms with Crippen LogP contribution in [0.3, 0.4) is 0 Å². The van der Waals surface area contributed by atoms with Crippen LogP contribution in [-0.2, 0) is 9.53 Å². The number of piperidine rings is 1. The molecule has 0 radical (unpaired) electrons. The number of benzene rings is 3. The number of hydrogen-bond donors (Lipinski definition) is 0. The first-order valence-electron chi connectivity index (χ1n) is 10.4. The summed E-state index contributed by atoms with van der Waals surface area (Å²) in [6.45, 7) is 1.68. The van der Waals surface area contributed by atoms with Gasteiger partial charge in [-0.3, -0.25) is 4.79 Å². The lowest BCUT2D eigenvalue weighted by Gasteiger charge is -2.33. The zero-order valence-corrected chi connectivity index (χ0v) is 16.6. The molecule has 1 heterocycles. The van der Waals surface area contributed by atoms with E-state index in [9.17, 15) is 4.79 Å². The standard InChI is InChI=1S/C26H27NO2/c28-25(27-18-10-17-24(19-27)21-11-4-1-5-12-21)20-29-26(22-13-6-2-7-14-22)23-15-8-3-9-16-23/h1-9,11-16,24,26H,10,17-20H2. The van der Waals surface area contributed by atoms with E-state index in [1.807, 2.05) is 47.4 Å². The lowest BCUT2D eigenvalue weighted by Crippen LogP contribution is -2.41.